The second-order valence-corrected chi connectivity index (χ2v) is 5.78. The van der Waals surface area contributed by atoms with Gasteiger partial charge in [-0.15, -0.1) is 0 Å². The number of carbonyl (C=O) groups is 1. The normalized spacial score (nSPS) is 14.0. The molecule has 0 heterocycles. The lowest BCUT2D eigenvalue weighted by Crippen LogP contribution is -2.37. The van der Waals surface area contributed by atoms with Crippen molar-refractivity contribution in [1.82, 2.24) is 0 Å². The van der Waals surface area contributed by atoms with Crippen molar-refractivity contribution in [2.75, 3.05) is 7.11 Å². The molecule has 1 aromatic carbocycles. The van der Waals surface area contributed by atoms with Crippen molar-refractivity contribution < 1.29 is 22.7 Å². The van der Waals surface area contributed by atoms with Crippen molar-refractivity contribution in [1.29, 1.82) is 0 Å². The number of carbonyl (C=O) groups excluding carboxylic acids is 1. The second-order valence-electron chi connectivity index (χ2n) is 4.92. The average Bonchev–Trinajstić information content (AvgIpc) is 2.35. The molecule has 1 aromatic rings. The molecule has 0 radical (unpaired) electrons. The molecule has 7 heteroatoms. The van der Waals surface area contributed by atoms with E-state index in [-0.39, 0.29) is 5.56 Å². The zero-order chi connectivity index (χ0) is 15.7. The Morgan fingerprint density at radius 2 is 1.90 bits per heavy atom. The third kappa shape index (κ3) is 3.32. The number of alkyl halides is 3. The van der Waals surface area contributed by atoms with E-state index in [0.717, 1.165) is 12.1 Å². The Hall–Kier alpha value is -1.08. The molecule has 20 heavy (non-hydrogen) atoms. The predicted molar refractivity (Wildman–Crippen MR) is 71.9 cm³/mol. The van der Waals surface area contributed by atoms with Crippen molar-refractivity contribution in [3.63, 3.8) is 0 Å². The summed E-state index contributed by atoms with van der Waals surface area (Å²) in [6.45, 7) is 3.05. The SMILES string of the molecule is COC(=O)C(C)(C)[C@H](N)c1cc(C(F)(F)F)ccc1Br. The molecular weight excluding hydrogens is 339 g/mol. The van der Waals surface area contributed by atoms with Crippen molar-refractivity contribution >= 4 is 21.9 Å². The van der Waals surface area contributed by atoms with Gasteiger partial charge in [-0.2, -0.15) is 13.2 Å². The Bertz CT molecular complexity index is 515. The molecule has 1 rings (SSSR count). The number of rotatable bonds is 3. The predicted octanol–water partition coefficient (Wildman–Crippen LogP) is 3.67. The molecule has 0 aliphatic carbocycles. The number of hydrogen-bond acceptors (Lipinski definition) is 3. The van der Waals surface area contributed by atoms with Gasteiger partial charge in [-0.3, -0.25) is 4.79 Å². The van der Waals surface area contributed by atoms with Gasteiger partial charge in [0.1, 0.15) is 0 Å². The maximum Gasteiger partial charge on any atom is 0.416 e. The highest BCUT2D eigenvalue weighted by atomic mass is 79.9. The van der Waals surface area contributed by atoms with Gasteiger partial charge >= 0.3 is 12.1 Å². The molecular formula is C13H15BrF3NO2. The van der Waals surface area contributed by atoms with Crippen LogP contribution < -0.4 is 5.73 Å². The Labute approximate surface area is 123 Å². The van der Waals surface area contributed by atoms with Crippen LogP contribution in [0.15, 0.2) is 22.7 Å². The minimum absolute atomic E-state index is 0.204. The van der Waals surface area contributed by atoms with E-state index in [1.54, 1.807) is 0 Å². The van der Waals surface area contributed by atoms with Crippen molar-refractivity contribution in [2.24, 2.45) is 11.1 Å². The molecule has 3 nitrogen and oxygen atoms in total. The molecule has 0 bridgehead atoms. The molecule has 0 spiro atoms. The summed E-state index contributed by atoms with van der Waals surface area (Å²) < 4.78 is 43.3. The lowest BCUT2D eigenvalue weighted by atomic mass is 9.80. The highest BCUT2D eigenvalue weighted by Crippen LogP contribution is 2.39. The fourth-order valence-electron chi connectivity index (χ4n) is 1.74. The van der Waals surface area contributed by atoms with Gasteiger partial charge in [0.2, 0.25) is 0 Å². The van der Waals surface area contributed by atoms with Gasteiger partial charge in [0, 0.05) is 10.5 Å². The second kappa shape index (κ2) is 5.73. The Morgan fingerprint density at radius 3 is 2.35 bits per heavy atom. The van der Waals surface area contributed by atoms with Gasteiger partial charge < -0.3 is 10.5 Å². The van der Waals surface area contributed by atoms with Gasteiger partial charge in [-0.05, 0) is 37.6 Å². The maximum absolute atomic E-state index is 12.7. The van der Waals surface area contributed by atoms with Gasteiger partial charge in [0.15, 0.2) is 0 Å². The summed E-state index contributed by atoms with van der Waals surface area (Å²) in [5.74, 6) is -0.589. The van der Waals surface area contributed by atoms with Crippen LogP contribution in [-0.2, 0) is 15.7 Å². The number of esters is 1. The first-order valence-corrected chi connectivity index (χ1v) is 6.51. The first kappa shape index (κ1) is 17.0. The first-order chi connectivity index (χ1) is 9.01. The molecule has 112 valence electrons. The van der Waals surface area contributed by atoms with Crippen LogP contribution in [0.2, 0.25) is 0 Å². The number of halogens is 4. The van der Waals surface area contributed by atoms with E-state index < -0.39 is 29.2 Å². The summed E-state index contributed by atoms with van der Waals surface area (Å²) in [6, 6.07) is 2.22. The number of benzene rings is 1. The zero-order valence-electron chi connectivity index (χ0n) is 11.2. The van der Waals surface area contributed by atoms with E-state index in [1.165, 1.54) is 27.0 Å². The lowest BCUT2D eigenvalue weighted by Gasteiger charge is -2.30. The van der Waals surface area contributed by atoms with E-state index >= 15 is 0 Å². The van der Waals surface area contributed by atoms with Crippen LogP contribution in [0.5, 0.6) is 0 Å². The van der Waals surface area contributed by atoms with Crippen LogP contribution in [0.1, 0.15) is 31.0 Å². The summed E-state index contributed by atoms with van der Waals surface area (Å²) in [4.78, 5) is 11.7. The molecule has 0 aromatic heterocycles. The standard InChI is InChI=1S/C13H15BrF3NO2/c1-12(2,11(19)20-3)10(18)8-6-7(13(15,16)17)4-5-9(8)14/h4-6,10H,18H2,1-3H3/t10-/m1/s1. The molecule has 0 aliphatic rings. The number of methoxy groups -OCH3 is 1. The monoisotopic (exact) mass is 353 g/mol. The number of nitrogens with two attached hydrogens (primary N) is 1. The summed E-state index contributed by atoms with van der Waals surface area (Å²) in [5.41, 5.74) is 4.20. The van der Waals surface area contributed by atoms with E-state index in [9.17, 15) is 18.0 Å². The van der Waals surface area contributed by atoms with E-state index in [2.05, 4.69) is 20.7 Å². The van der Waals surface area contributed by atoms with Crippen molar-refractivity contribution in [2.45, 2.75) is 26.1 Å². The minimum Gasteiger partial charge on any atom is -0.469 e. The Kier molecular flexibility index (Phi) is 4.86. The summed E-state index contributed by atoms with van der Waals surface area (Å²) >= 11 is 3.16. The third-order valence-electron chi connectivity index (χ3n) is 3.15. The first-order valence-electron chi connectivity index (χ1n) is 5.72. The Morgan fingerprint density at radius 1 is 1.35 bits per heavy atom. The van der Waals surface area contributed by atoms with Crippen LogP contribution in [0.25, 0.3) is 0 Å². The van der Waals surface area contributed by atoms with Crippen LogP contribution in [0.3, 0.4) is 0 Å². The van der Waals surface area contributed by atoms with Crippen molar-refractivity contribution in [3.05, 3.63) is 33.8 Å². The fourth-order valence-corrected chi connectivity index (χ4v) is 2.23. The summed E-state index contributed by atoms with van der Waals surface area (Å²) in [7, 11) is 1.21. The molecule has 0 amide bonds. The zero-order valence-corrected chi connectivity index (χ0v) is 12.8. The molecule has 0 unspecified atom stereocenters. The quantitative estimate of drug-likeness (QED) is 0.843. The molecule has 0 saturated carbocycles. The molecule has 1 atom stereocenters. The van der Waals surface area contributed by atoms with E-state index in [1.807, 2.05) is 0 Å². The number of ether oxygens (including phenoxy) is 1. The molecule has 0 aliphatic heterocycles. The van der Waals surface area contributed by atoms with Crippen molar-refractivity contribution in [3.8, 4) is 0 Å². The topological polar surface area (TPSA) is 52.3 Å². The lowest BCUT2D eigenvalue weighted by molar-refractivity contribution is -0.152. The van der Waals surface area contributed by atoms with Crippen LogP contribution in [-0.4, -0.2) is 13.1 Å². The van der Waals surface area contributed by atoms with E-state index in [0.29, 0.717) is 4.47 Å². The smallest absolute Gasteiger partial charge is 0.416 e. The average molecular weight is 354 g/mol. The highest BCUT2D eigenvalue weighted by molar-refractivity contribution is 9.10. The number of hydrogen-bond donors (Lipinski definition) is 1. The molecule has 0 saturated heterocycles. The maximum atomic E-state index is 12.7. The van der Waals surface area contributed by atoms with Crippen LogP contribution in [0, 0.1) is 5.41 Å². The van der Waals surface area contributed by atoms with Gasteiger partial charge in [-0.25, -0.2) is 0 Å². The third-order valence-corrected chi connectivity index (χ3v) is 3.87. The van der Waals surface area contributed by atoms with Gasteiger partial charge in [0.25, 0.3) is 0 Å². The van der Waals surface area contributed by atoms with Gasteiger partial charge in [-0.1, -0.05) is 15.9 Å². The Balaban J connectivity index is 3.29. The largest absolute Gasteiger partial charge is 0.469 e. The minimum atomic E-state index is -4.47. The van der Waals surface area contributed by atoms with Crippen LogP contribution in [0.4, 0.5) is 13.2 Å². The van der Waals surface area contributed by atoms with Gasteiger partial charge in [0.05, 0.1) is 18.1 Å². The van der Waals surface area contributed by atoms with Crippen LogP contribution >= 0.6 is 15.9 Å². The molecule has 2 N–H and O–H groups in total. The fraction of sp³-hybridized carbons (Fsp3) is 0.462. The highest BCUT2D eigenvalue weighted by Gasteiger charge is 2.39. The van der Waals surface area contributed by atoms with E-state index in [4.69, 9.17) is 5.73 Å². The summed E-state index contributed by atoms with van der Waals surface area (Å²) in [6.07, 6.45) is -4.47. The summed E-state index contributed by atoms with van der Waals surface area (Å²) in [5, 5.41) is 0. The molecule has 0 fully saturated rings.